The van der Waals surface area contributed by atoms with E-state index in [2.05, 4.69) is 32.4 Å². The summed E-state index contributed by atoms with van der Waals surface area (Å²) < 4.78 is 2.12. The third-order valence-electron chi connectivity index (χ3n) is 4.98. The quantitative estimate of drug-likeness (QED) is 0.510. The first kappa shape index (κ1) is 15.4. The predicted octanol–water partition coefficient (Wildman–Crippen LogP) is 3.13. The normalized spacial score (nSPS) is 21.9. The lowest BCUT2D eigenvalue weighted by Crippen LogP contribution is -2.39. The van der Waals surface area contributed by atoms with Gasteiger partial charge in [-0.25, -0.2) is 4.99 Å². The Labute approximate surface area is 133 Å². The largest absolute Gasteiger partial charge is 0.370 e. The summed E-state index contributed by atoms with van der Waals surface area (Å²) in [4.78, 5) is 4.47. The highest BCUT2D eigenvalue weighted by molar-refractivity contribution is 5.78. The molecule has 0 radical (unpaired) electrons. The fourth-order valence-electron chi connectivity index (χ4n) is 3.68. The van der Waals surface area contributed by atoms with Gasteiger partial charge in [0.2, 0.25) is 0 Å². The zero-order chi connectivity index (χ0) is 15.2. The molecule has 0 aromatic carbocycles. The lowest BCUT2D eigenvalue weighted by atomic mass is 10.1. The first-order valence-electron chi connectivity index (χ1n) is 8.92. The van der Waals surface area contributed by atoms with Crippen molar-refractivity contribution in [1.29, 1.82) is 0 Å². The van der Waals surface area contributed by atoms with Crippen LogP contribution in [0, 0.1) is 0 Å². The van der Waals surface area contributed by atoms with Crippen LogP contribution in [0.2, 0.25) is 0 Å². The predicted molar refractivity (Wildman–Crippen MR) is 89.7 cm³/mol. The van der Waals surface area contributed by atoms with E-state index in [9.17, 15) is 0 Å². The van der Waals surface area contributed by atoms with E-state index in [-0.39, 0.29) is 0 Å². The molecular weight excluding hydrogens is 274 g/mol. The van der Waals surface area contributed by atoms with Crippen LogP contribution in [0.3, 0.4) is 0 Å². The zero-order valence-electron chi connectivity index (χ0n) is 13.5. The SMILES string of the molecule is NC(=NCc1ccn(C2CCCC2)n1)NC1CCCCCC1. The van der Waals surface area contributed by atoms with E-state index in [1.54, 1.807) is 0 Å². The van der Waals surface area contributed by atoms with E-state index in [4.69, 9.17) is 5.73 Å². The minimum absolute atomic E-state index is 0.502. The van der Waals surface area contributed by atoms with Gasteiger partial charge in [-0.15, -0.1) is 0 Å². The van der Waals surface area contributed by atoms with Gasteiger partial charge in [-0.2, -0.15) is 5.10 Å². The summed E-state index contributed by atoms with van der Waals surface area (Å²) in [6.07, 6.45) is 15.0. The van der Waals surface area contributed by atoms with Gasteiger partial charge in [0, 0.05) is 12.2 Å². The Bertz CT molecular complexity index is 479. The highest BCUT2D eigenvalue weighted by Gasteiger charge is 2.17. The van der Waals surface area contributed by atoms with Crippen molar-refractivity contribution in [3.8, 4) is 0 Å². The Balaban J connectivity index is 1.49. The summed E-state index contributed by atoms with van der Waals surface area (Å²) in [5.41, 5.74) is 7.05. The summed E-state index contributed by atoms with van der Waals surface area (Å²) in [5.74, 6) is 0.572. The Morgan fingerprint density at radius 3 is 2.55 bits per heavy atom. The Morgan fingerprint density at radius 2 is 1.82 bits per heavy atom. The van der Waals surface area contributed by atoms with Crippen molar-refractivity contribution in [2.45, 2.75) is 82.8 Å². The summed E-state index contributed by atoms with van der Waals surface area (Å²) in [5, 5.41) is 8.04. The average Bonchev–Trinajstić information content (AvgIpc) is 3.14. The summed E-state index contributed by atoms with van der Waals surface area (Å²) in [6.45, 7) is 0.575. The molecule has 1 aromatic heterocycles. The van der Waals surface area contributed by atoms with Crippen molar-refractivity contribution < 1.29 is 0 Å². The van der Waals surface area contributed by atoms with Gasteiger partial charge >= 0.3 is 0 Å². The number of guanidine groups is 1. The molecule has 0 bridgehead atoms. The molecule has 2 fully saturated rings. The molecule has 0 amide bonds. The number of aromatic nitrogens is 2. The van der Waals surface area contributed by atoms with Crippen LogP contribution < -0.4 is 11.1 Å². The lowest BCUT2D eigenvalue weighted by Gasteiger charge is -2.16. The second kappa shape index (κ2) is 7.65. The second-order valence-corrected chi connectivity index (χ2v) is 6.76. The molecule has 3 N–H and O–H groups in total. The Morgan fingerprint density at radius 1 is 1.14 bits per heavy atom. The van der Waals surface area contributed by atoms with Crippen LogP contribution in [0.5, 0.6) is 0 Å². The van der Waals surface area contributed by atoms with Crippen LogP contribution in [0.15, 0.2) is 17.3 Å². The molecule has 3 rings (SSSR count). The van der Waals surface area contributed by atoms with Gasteiger partial charge < -0.3 is 11.1 Å². The molecule has 2 saturated carbocycles. The molecule has 5 nitrogen and oxygen atoms in total. The number of rotatable bonds is 4. The van der Waals surface area contributed by atoms with Crippen molar-refractivity contribution in [3.63, 3.8) is 0 Å². The molecule has 0 saturated heterocycles. The summed E-state index contributed by atoms with van der Waals surface area (Å²) in [6, 6.07) is 3.17. The van der Waals surface area contributed by atoms with Crippen LogP contribution in [0.4, 0.5) is 0 Å². The van der Waals surface area contributed by atoms with E-state index < -0.39 is 0 Å². The number of nitrogens with one attached hydrogen (secondary N) is 1. The zero-order valence-corrected chi connectivity index (χ0v) is 13.5. The van der Waals surface area contributed by atoms with Crippen LogP contribution in [-0.2, 0) is 6.54 Å². The Kier molecular flexibility index (Phi) is 5.35. The standard InChI is InChI=1S/C17H29N5/c18-17(20-14-7-3-1-2-4-8-14)19-13-15-11-12-22(21-15)16-9-5-6-10-16/h11-12,14,16H,1-10,13H2,(H3,18,19,20). The minimum atomic E-state index is 0.502. The average molecular weight is 303 g/mol. The van der Waals surface area contributed by atoms with E-state index in [1.165, 1.54) is 64.2 Å². The number of nitrogens with two attached hydrogens (primary N) is 1. The molecule has 2 aliphatic rings. The van der Waals surface area contributed by atoms with Crippen molar-refractivity contribution >= 4 is 5.96 Å². The third kappa shape index (κ3) is 4.24. The van der Waals surface area contributed by atoms with Gasteiger partial charge in [0.25, 0.3) is 0 Å². The van der Waals surface area contributed by atoms with Gasteiger partial charge in [0.05, 0.1) is 18.3 Å². The second-order valence-electron chi connectivity index (χ2n) is 6.76. The van der Waals surface area contributed by atoms with Crippen molar-refractivity contribution in [2.24, 2.45) is 10.7 Å². The van der Waals surface area contributed by atoms with Crippen LogP contribution in [-0.4, -0.2) is 21.8 Å². The maximum Gasteiger partial charge on any atom is 0.189 e. The van der Waals surface area contributed by atoms with Crippen LogP contribution in [0.1, 0.15) is 75.9 Å². The molecule has 1 heterocycles. The van der Waals surface area contributed by atoms with Crippen molar-refractivity contribution in [1.82, 2.24) is 15.1 Å². The minimum Gasteiger partial charge on any atom is -0.370 e. The van der Waals surface area contributed by atoms with Gasteiger partial charge in [-0.1, -0.05) is 38.5 Å². The smallest absolute Gasteiger partial charge is 0.189 e. The molecule has 1 aromatic rings. The lowest BCUT2D eigenvalue weighted by molar-refractivity contribution is 0.463. The van der Waals surface area contributed by atoms with E-state index in [1.807, 2.05) is 0 Å². The topological polar surface area (TPSA) is 68.2 Å². The van der Waals surface area contributed by atoms with Crippen LogP contribution >= 0.6 is 0 Å². The first-order valence-corrected chi connectivity index (χ1v) is 8.92. The molecule has 122 valence electrons. The van der Waals surface area contributed by atoms with Crippen molar-refractivity contribution in [3.05, 3.63) is 18.0 Å². The van der Waals surface area contributed by atoms with E-state index in [0.717, 1.165) is 5.69 Å². The molecule has 0 atom stereocenters. The van der Waals surface area contributed by atoms with Crippen molar-refractivity contribution in [2.75, 3.05) is 0 Å². The summed E-state index contributed by atoms with van der Waals surface area (Å²) in [7, 11) is 0. The number of hydrogen-bond acceptors (Lipinski definition) is 2. The molecule has 2 aliphatic carbocycles. The highest BCUT2D eigenvalue weighted by Crippen LogP contribution is 2.28. The van der Waals surface area contributed by atoms with Crippen LogP contribution in [0.25, 0.3) is 0 Å². The van der Waals surface area contributed by atoms with Gasteiger partial charge in [-0.3, -0.25) is 4.68 Å². The maximum atomic E-state index is 6.04. The van der Waals surface area contributed by atoms with Gasteiger partial charge in [-0.05, 0) is 31.7 Å². The first-order chi connectivity index (χ1) is 10.8. The number of nitrogens with zero attached hydrogens (tertiary/aromatic N) is 3. The van der Waals surface area contributed by atoms with E-state index >= 15 is 0 Å². The monoisotopic (exact) mass is 303 g/mol. The summed E-state index contributed by atoms with van der Waals surface area (Å²) >= 11 is 0. The fraction of sp³-hybridized carbons (Fsp3) is 0.765. The highest BCUT2D eigenvalue weighted by atomic mass is 15.3. The third-order valence-corrected chi connectivity index (χ3v) is 4.98. The van der Waals surface area contributed by atoms with E-state index in [0.29, 0.717) is 24.6 Å². The van der Waals surface area contributed by atoms with Gasteiger partial charge in [0.15, 0.2) is 5.96 Å². The Hall–Kier alpha value is -1.52. The maximum absolute atomic E-state index is 6.04. The number of hydrogen-bond donors (Lipinski definition) is 2. The molecule has 22 heavy (non-hydrogen) atoms. The molecule has 0 aliphatic heterocycles. The fourth-order valence-corrected chi connectivity index (χ4v) is 3.68. The molecule has 0 spiro atoms. The van der Waals surface area contributed by atoms with Gasteiger partial charge in [0.1, 0.15) is 0 Å². The molecule has 0 unspecified atom stereocenters. The molecular formula is C17H29N5. The number of aliphatic imine (C=N–C) groups is 1. The molecule has 5 heteroatoms.